The van der Waals surface area contributed by atoms with Gasteiger partial charge in [0.15, 0.2) is 29.1 Å². The number of nitrogens with zero attached hydrogens (tertiary/aromatic N) is 2. The van der Waals surface area contributed by atoms with Gasteiger partial charge < -0.3 is 5.32 Å². The van der Waals surface area contributed by atoms with Gasteiger partial charge in [-0.25, -0.2) is 23.1 Å². The molecule has 0 amide bonds. The van der Waals surface area contributed by atoms with Gasteiger partial charge in [-0.05, 0) is 41.4 Å². The lowest BCUT2D eigenvalue weighted by molar-refractivity contribution is 0.504. The highest BCUT2D eigenvalue weighted by atomic mass is 79.9. The van der Waals surface area contributed by atoms with Crippen molar-refractivity contribution >= 4 is 21.7 Å². The molecular weight excluding hydrogens is 347 g/mol. The molecule has 0 fully saturated rings. The van der Waals surface area contributed by atoms with Crippen molar-refractivity contribution in [2.45, 2.75) is 20.3 Å². The van der Waals surface area contributed by atoms with Crippen molar-refractivity contribution in [3.05, 3.63) is 39.8 Å². The smallest absolute Gasteiger partial charge is 0.186 e. The Kier molecular flexibility index (Phi) is 4.82. The van der Waals surface area contributed by atoms with Crippen molar-refractivity contribution in [1.29, 1.82) is 0 Å². The first-order valence-electron chi connectivity index (χ1n) is 6.37. The fourth-order valence-corrected chi connectivity index (χ4v) is 2.24. The molecule has 0 unspecified atom stereocenters. The molecule has 0 aliphatic carbocycles. The molecule has 0 saturated heterocycles. The van der Waals surface area contributed by atoms with E-state index in [4.69, 9.17) is 0 Å². The van der Waals surface area contributed by atoms with E-state index >= 15 is 0 Å². The molecule has 0 aliphatic heterocycles. The monoisotopic (exact) mass is 359 g/mol. The summed E-state index contributed by atoms with van der Waals surface area (Å²) in [4.78, 5) is 8.05. The van der Waals surface area contributed by atoms with E-state index in [1.54, 1.807) is 0 Å². The number of rotatable bonds is 4. The van der Waals surface area contributed by atoms with Crippen LogP contribution in [0.3, 0.4) is 0 Å². The van der Waals surface area contributed by atoms with E-state index < -0.39 is 17.5 Å². The molecule has 2 aromatic rings. The number of halogens is 4. The minimum atomic E-state index is -1.03. The summed E-state index contributed by atoms with van der Waals surface area (Å²) >= 11 is 2.98. The van der Waals surface area contributed by atoms with E-state index in [2.05, 4.69) is 31.2 Å². The Hall–Kier alpha value is -1.63. The zero-order valence-corrected chi connectivity index (χ0v) is 13.1. The van der Waals surface area contributed by atoms with Gasteiger partial charge in [0, 0.05) is 12.1 Å². The molecule has 1 heterocycles. The van der Waals surface area contributed by atoms with Crippen LogP contribution >= 0.6 is 15.9 Å². The van der Waals surface area contributed by atoms with Gasteiger partial charge in [0.25, 0.3) is 0 Å². The quantitative estimate of drug-likeness (QED) is 0.819. The van der Waals surface area contributed by atoms with E-state index in [1.165, 1.54) is 13.0 Å². The van der Waals surface area contributed by atoms with E-state index in [9.17, 15) is 13.2 Å². The van der Waals surface area contributed by atoms with E-state index in [-0.39, 0.29) is 27.4 Å². The molecule has 21 heavy (non-hydrogen) atoms. The van der Waals surface area contributed by atoms with Crippen LogP contribution in [-0.4, -0.2) is 16.5 Å². The van der Waals surface area contributed by atoms with Crippen molar-refractivity contribution in [2.75, 3.05) is 11.9 Å². The van der Waals surface area contributed by atoms with Crippen LogP contribution in [0.5, 0.6) is 0 Å². The van der Waals surface area contributed by atoms with Crippen LogP contribution < -0.4 is 5.32 Å². The number of anilines is 1. The fourth-order valence-electron chi connectivity index (χ4n) is 1.74. The summed E-state index contributed by atoms with van der Waals surface area (Å²) in [5.41, 5.74) is 0.395. The first-order valence-corrected chi connectivity index (χ1v) is 7.16. The van der Waals surface area contributed by atoms with Crippen molar-refractivity contribution < 1.29 is 13.2 Å². The summed E-state index contributed by atoms with van der Waals surface area (Å²) in [5.74, 6) is -2.38. The number of benzene rings is 1. The molecule has 2 rings (SSSR count). The lowest BCUT2D eigenvalue weighted by atomic mass is 10.2. The van der Waals surface area contributed by atoms with Gasteiger partial charge in [0.1, 0.15) is 0 Å². The molecule has 0 saturated carbocycles. The average Bonchev–Trinajstić information content (AvgIpc) is 2.46. The van der Waals surface area contributed by atoms with Crippen molar-refractivity contribution in [3.8, 4) is 11.4 Å². The molecule has 0 radical (unpaired) electrons. The topological polar surface area (TPSA) is 37.8 Å². The van der Waals surface area contributed by atoms with Gasteiger partial charge in [-0.15, -0.1) is 0 Å². The van der Waals surface area contributed by atoms with Crippen LogP contribution in [0.1, 0.15) is 19.0 Å². The van der Waals surface area contributed by atoms with E-state index in [0.29, 0.717) is 6.54 Å². The standard InChI is InChI=1S/C14H13BrF3N3/c1-3-6-19-14-11(17)7(2)20-13(21-14)8-4-5-9(16)12(18)10(8)15/h4-5H,3,6H2,1-2H3,(H,19,20,21). The van der Waals surface area contributed by atoms with E-state index in [0.717, 1.165) is 12.5 Å². The molecule has 1 aromatic heterocycles. The number of hydrogen-bond acceptors (Lipinski definition) is 3. The Morgan fingerprint density at radius 2 is 1.86 bits per heavy atom. The summed E-state index contributed by atoms with van der Waals surface area (Å²) in [6.07, 6.45) is 0.798. The van der Waals surface area contributed by atoms with Crippen LogP contribution in [0.25, 0.3) is 11.4 Å². The number of hydrogen-bond donors (Lipinski definition) is 1. The van der Waals surface area contributed by atoms with Crippen LogP contribution in [0.4, 0.5) is 19.0 Å². The Morgan fingerprint density at radius 3 is 2.52 bits per heavy atom. The second kappa shape index (κ2) is 6.43. The molecule has 0 bridgehead atoms. The highest BCUT2D eigenvalue weighted by Crippen LogP contribution is 2.31. The third kappa shape index (κ3) is 3.18. The maximum atomic E-state index is 13.9. The first kappa shape index (κ1) is 15.8. The van der Waals surface area contributed by atoms with E-state index in [1.807, 2.05) is 6.92 Å². The Labute approximate surface area is 128 Å². The Morgan fingerprint density at radius 1 is 1.14 bits per heavy atom. The molecule has 112 valence electrons. The first-order chi connectivity index (χ1) is 9.95. The minimum absolute atomic E-state index is 0.0518. The average molecular weight is 360 g/mol. The zero-order chi connectivity index (χ0) is 15.6. The molecule has 0 aliphatic rings. The predicted octanol–water partition coefficient (Wildman–Crippen LogP) is 4.45. The minimum Gasteiger partial charge on any atom is -0.368 e. The van der Waals surface area contributed by atoms with Gasteiger partial charge in [-0.1, -0.05) is 6.92 Å². The summed E-state index contributed by atoms with van der Waals surface area (Å²) in [6, 6.07) is 2.33. The SMILES string of the molecule is CCCNc1nc(-c2ccc(F)c(F)c2Br)nc(C)c1F. The Bertz CT molecular complexity index is 677. The lowest BCUT2D eigenvalue weighted by Crippen LogP contribution is -2.08. The second-order valence-electron chi connectivity index (χ2n) is 4.44. The van der Waals surface area contributed by atoms with Crippen molar-refractivity contribution in [2.24, 2.45) is 0 Å². The Balaban J connectivity index is 2.54. The van der Waals surface area contributed by atoms with Gasteiger partial charge in [-0.2, -0.15) is 0 Å². The van der Waals surface area contributed by atoms with Crippen LogP contribution in [0.15, 0.2) is 16.6 Å². The zero-order valence-electron chi connectivity index (χ0n) is 11.5. The van der Waals surface area contributed by atoms with Gasteiger partial charge >= 0.3 is 0 Å². The molecule has 3 nitrogen and oxygen atoms in total. The maximum absolute atomic E-state index is 13.9. The summed E-state index contributed by atoms with van der Waals surface area (Å²) in [5, 5.41) is 2.85. The highest BCUT2D eigenvalue weighted by molar-refractivity contribution is 9.10. The number of aromatic nitrogens is 2. The lowest BCUT2D eigenvalue weighted by Gasteiger charge is -2.11. The van der Waals surface area contributed by atoms with Crippen molar-refractivity contribution in [1.82, 2.24) is 9.97 Å². The third-order valence-electron chi connectivity index (χ3n) is 2.84. The number of aryl methyl sites for hydroxylation is 1. The highest BCUT2D eigenvalue weighted by Gasteiger charge is 2.17. The molecule has 1 N–H and O–H groups in total. The summed E-state index contributed by atoms with van der Waals surface area (Å²) in [7, 11) is 0. The molecule has 0 spiro atoms. The largest absolute Gasteiger partial charge is 0.368 e. The summed E-state index contributed by atoms with van der Waals surface area (Å²) < 4.78 is 40.6. The molecular formula is C14H13BrF3N3. The molecule has 0 atom stereocenters. The molecule has 1 aromatic carbocycles. The fraction of sp³-hybridized carbons (Fsp3) is 0.286. The van der Waals surface area contributed by atoms with Crippen LogP contribution in [-0.2, 0) is 0 Å². The van der Waals surface area contributed by atoms with Crippen LogP contribution in [0, 0.1) is 24.4 Å². The maximum Gasteiger partial charge on any atom is 0.186 e. The predicted molar refractivity (Wildman–Crippen MR) is 78.6 cm³/mol. The second-order valence-corrected chi connectivity index (χ2v) is 5.24. The van der Waals surface area contributed by atoms with Crippen molar-refractivity contribution in [3.63, 3.8) is 0 Å². The molecule has 7 heteroatoms. The van der Waals surface area contributed by atoms with Crippen LogP contribution in [0.2, 0.25) is 0 Å². The number of nitrogens with one attached hydrogen (secondary N) is 1. The third-order valence-corrected chi connectivity index (χ3v) is 3.61. The van der Waals surface area contributed by atoms with Gasteiger partial charge in [0.2, 0.25) is 0 Å². The van der Waals surface area contributed by atoms with Gasteiger partial charge in [-0.3, -0.25) is 0 Å². The van der Waals surface area contributed by atoms with Gasteiger partial charge in [0.05, 0.1) is 10.2 Å². The summed E-state index contributed by atoms with van der Waals surface area (Å²) in [6.45, 7) is 3.98. The normalized spacial score (nSPS) is 10.8.